The number of nitrogens with zero attached hydrogens (tertiary/aromatic N) is 1. The number of nitro benzene ring substituents is 1. The van der Waals surface area contributed by atoms with Gasteiger partial charge in [0, 0.05) is 30.3 Å². The molecule has 23 heavy (non-hydrogen) atoms. The average Bonchev–Trinajstić information content (AvgIpc) is 2.47. The molecular weight excluding hydrogens is 305 g/mol. The average molecular weight is 317 g/mol. The molecule has 7 nitrogen and oxygen atoms in total. The number of nitro groups is 1. The lowest BCUT2D eigenvalue weighted by Gasteiger charge is -2.07. The predicted molar refractivity (Wildman–Crippen MR) is 81.8 cm³/mol. The number of carbonyl (C=O) groups is 2. The second kappa shape index (κ2) is 6.65. The lowest BCUT2D eigenvalue weighted by Crippen LogP contribution is -2.13. The summed E-state index contributed by atoms with van der Waals surface area (Å²) in [6.45, 7) is 1.35. The third kappa shape index (κ3) is 4.10. The monoisotopic (exact) mass is 317 g/mol. The third-order valence-corrected chi connectivity index (χ3v) is 2.87. The van der Waals surface area contributed by atoms with Gasteiger partial charge in [0.2, 0.25) is 5.91 Å². The molecule has 0 fully saturated rings. The van der Waals surface area contributed by atoms with Crippen LogP contribution < -0.4 is 10.6 Å². The van der Waals surface area contributed by atoms with E-state index in [1.165, 1.54) is 31.2 Å². The molecule has 0 aliphatic rings. The molecule has 0 atom stereocenters. The van der Waals surface area contributed by atoms with Crippen molar-refractivity contribution in [2.24, 2.45) is 0 Å². The van der Waals surface area contributed by atoms with Crippen molar-refractivity contribution in [2.45, 2.75) is 6.92 Å². The van der Waals surface area contributed by atoms with Gasteiger partial charge in [-0.2, -0.15) is 0 Å². The van der Waals surface area contributed by atoms with E-state index in [-0.39, 0.29) is 17.2 Å². The first-order valence-corrected chi connectivity index (χ1v) is 6.50. The number of carbonyl (C=O) groups excluding carboxylic acids is 2. The van der Waals surface area contributed by atoms with Crippen LogP contribution in [0.5, 0.6) is 0 Å². The Hall–Kier alpha value is -3.29. The molecule has 0 radical (unpaired) electrons. The highest BCUT2D eigenvalue weighted by molar-refractivity contribution is 6.05. The molecule has 2 rings (SSSR count). The van der Waals surface area contributed by atoms with E-state index in [0.717, 1.165) is 18.2 Å². The number of amides is 2. The van der Waals surface area contributed by atoms with Crippen molar-refractivity contribution in [2.75, 3.05) is 10.6 Å². The van der Waals surface area contributed by atoms with E-state index < -0.39 is 22.3 Å². The van der Waals surface area contributed by atoms with E-state index in [4.69, 9.17) is 0 Å². The smallest absolute Gasteiger partial charge is 0.292 e. The molecule has 2 amide bonds. The highest BCUT2D eigenvalue weighted by Gasteiger charge is 2.17. The van der Waals surface area contributed by atoms with Crippen LogP contribution in [-0.2, 0) is 4.79 Å². The molecule has 0 aromatic heterocycles. The van der Waals surface area contributed by atoms with Gasteiger partial charge in [-0.05, 0) is 30.3 Å². The van der Waals surface area contributed by atoms with Crippen LogP contribution in [0.3, 0.4) is 0 Å². The molecule has 0 bridgehead atoms. The molecule has 0 spiro atoms. The predicted octanol–water partition coefficient (Wildman–Crippen LogP) is 2.94. The van der Waals surface area contributed by atoms with Crippen LogP contribution in [0.25, 0.3) is 0 Å². The second-order valence-electron chi connectivity index (χ2n) is 4.63. The summed E-state index contributed by atoms with van der Waals surface area (Å²) in [5.74, 6) is -1.59. The molecule has 0 aliphatic carbocycles. The lowest BCUT2D eigenvalue weighted by atomic mass is 10.1. The van der Waals surface area contributed by atoms with Crippen LogP contribution in [0.15, 0.2) is 42.5 Å². The van der Waals surface area contributed by atoms with Gasteiger partial charge in [-0.25, -0.2) is 4.39 Å². The van der Waals surface area contributed by atoms with Gasteiger partial charge in [-0.1, -0.05) is 0 Å². The van der Waals surface area contributed by atoms with Gasteiger partial charge >= 0.3 is 0 Å². The maximum Gasteiger partial charge on any atom is 0.292 e. The van der Waals surface area contributed by atoms with Crippen molar-refractivity contribution in [3.8, 4) is 0 Å². The summed E-state index contributed by atoms with van der Waals surface area (Å²) >= 11 is 0. The molecular formula is C15H12FN3O4. The minimum Gasteiger partial charge on any atom is -0.326 e. The maximum absolute atomic E-state index is 13.2. The summed E-state index contributed by atoms with van der Waals surface area (Å²) in [7, 11) is 0. The fourth-order valence-electron chi connectivity index (χ4n) is 1.87. The van der Waals surface area contributed by atoms with Crippen LogP contribution in [0, 0.1) is 15.9 Å². The summed E-state index contributed by atoms with van der Waals surface area (Å²) in [6.07, 6.45) is 0. The van der Waals surface area contributed by atoms with E-state index in [0.29, 0.717) is 5.69 Å². The van der Waals surface area contributed by atoms with Crippen molar-refractivity contribution >= 4 is 28.9 Å². The number of halogens is 1. The van der Waals surface area contributed by atoms with Crippen molar-refractivity contribution in [3.05, 3.63) is 64.0 Å². The van der Waals surface area contributed by atoms with Crippen molar-refractivity contribution in [1.82, 2.24) is 0 Å². The molecule has 8 heteroatoms. The molecule has 0 saturated heterocycles. The Labute approximate surface area is 130 Å². The van der Waals surface area contributed by atoms with Gasteiger partial charge in [0.25, 0.3) is 11.6 Å². The Morgan fingerprint density at radius 1 is 1.09 bits per heavy atom. The molecule has 0 unspecified atom stereocenters. The van der Waals surface area contributed by atoms with Crippen LogP contribution in [0.4, 0.5) is 21.5 Å². The second-order valence-corrected chi connectivity index (χ2v) is 4.63. The van der Waals surface area contributed by atoms with Gasteiger partial charge in [0.15, 0.2) is 0 Å². The minimum absolute atomic E-state index is 0.206. The highest BCUT2D eigenvalue weighted by Crippen LogP contribution is 2.25. The van der Waals surface area contributed by atoms with Crippen molar-refractivity contribution in [3.63, 3.8) is 0 Å². The van der Waals surface area contributed by atoms with Gasteiger partial charge in [0.1, 0.15) is 11.5 Å². The maximum atomic E-state index is 13.2. The normalized spacial score (nSPS) is 10.0. The summed E-state index contributed by atoms with van der Waals surface area (Å²) in [5, 5.41) is 15.7. The van der Waals surface area contributed by atoms with Crippen LogP contribution in [0.1, 0.15) is 17.3 Å². The summed E-state index contributed by atoms with van der Waals surface area (Å²) < 4.78 is 13.2. The molecule has 0 heterocycles. The van der Waals surface area contributed by atoms with Crippen LogP contribution in [0.2, 0.25) is 0 Å². The molecule has 118 valence electrons. The lowest BCUT2D eigenvalue weighted by molar-refractivity contribution is -0.384. The van der Waals surface area contributed by atoms with E-state index in [1.54, 1.807) is 0 Å². The summed E-state index contributed by atoms with van der Waals surface area (Å²) in [4.78, 5) is 33.2. The zero-order valence-electron chi connectivity index (χ0n) is 12.0. The van der Waals surface area contributed by atoms with E-state index in [9.17, 15) is 24.1 Å². The number of nitrogens with one attached hydrogen (secondary N) is 2. The molecule has 0 saturated carbocycles. The van der Waals surface area contributed by atoms with E-state index >= 15 is 0 Å². The standard InChI is InChI=1S/C15H12FN3O4/c1-9(20)17-12-5-2-10(3-6-12)15(21)18-13-8-11(16)4-7-14(13)19(22)23/h2-8H,1H3,(H,17,20)(H,18,21). The first-order chi connectivity index (χ1) is 10.9. The van der Waals surface area contributed by atoms with Crippen LogP contribution in [-0.4, -0.2) is 16.7 Å². The Bertz CT molecular complexity index is 775. The topological polar surface area (TPSA) is 101 Å². The van der Waals surface area contributed by atoms with Crippen LogP contribution >= 0.6 is 0 Å². The van der Waals surface area contributed by atoms with Gasteiger partial charge in [-0.3, -0.25) is 19.7 Å². The summed E-state index contributed by atoms with van der Waals surface area (Å²) in [6, 6.07) is 8.69. The first kappa shape index (κ1) is 16.1. The largest absolute Gasteiger partial charge is 0.326 e. The Kier molecular flexibility index (Phi) is 4.65. The number of anilines is 2. The van der Waals surface area contributed by atoms with Crippen molar-refractivity contribution < 1.29 is 18.9 Å². The zero-order chi connectivity index (χ0) is 17.0. The minimum atomic E-state index is -0.713. The van der Waals surface area contributed by atoms with Gasteiger partial charge in [-0.15, -0.1) is 0 Å². The first-order valence-electron chi connectivity index (χ1n) is 6.50. The number of hydrogen-bond donors (Lipinski definition) is 2. The quantitative estimate of drug-likeness (QED) is 0.668. The third-order valence-electron chi connectivity index (χ3n) is 2.87. The van der Waals surface area contributed by atoms with Gasteiger partial charge in [0.05, 0.1) is 4.92 Å². The number of benzene rings is 2. The fourth-order valence-corrected chi connectivity index (χ4v) is 1.87. The molecule has 0 aliphatic heterocycles. The fraction of sp³-hybridized carbons (Fsp3) is 0.0667. The van der Waals surface area contributed by atoms with Crippen molar-refractivity contribution in [1.29, 1.82) is 0 Å². The summed E-state index contributed by atoms with van der Waals surface area (Å²) in [5.41, 5.74) is 0.0731. The highest BCUT2D eigenvalue weighted by atomic mass is 19.1. The SMILES string of the molecule is CC(=O)Nc1ccc(C(=O)Nc2cc(F)ccc2[N+](=O)[O-])cc1. The van der Waals surface area contributed by atoms with E-state index in [1.807, 2.05) is 0 Å². The Balaban J connectivity index is 2.20. The molecule has 2 N–H and O–H groups in total. The molecule has 2 aromatic carbocycles. The Morgan fingerprint density at radius 3 is 2.30 bits per heavy atom. The molecule has 2 aromatic rings. The van der Waals surface area contributed by atoms with Gasteiger partial charge < -0.3 is 10.6 Å². The number of hydrogen-bond acceptors (Lipinski definition) is 4. The Morgan fingerprint density at radius 2 is 1.74 bits per heavy atom. The zero-order valence-corrected chi connectivity index (χ0v) is 12.0. The number of rotatable bonds is 4. The van der Waals surface area contributed by atoms with E-state index in [2.05, 4.69) is 10.6 Å².